The molecule has 4 N–H and O–H groups in total. The number of unbranched alkanes of at least 4 members (excludes halogenated alkanes) is 1. The summed E-state index contributed by atoms with van der Waals surface area (Å²) in [6, 6.07) is 0. The Kier molecular flexibility index (Phi) is 5.40. The molecule has 0 saturated heterocycles. The second-order valence-corrected chi connectivity index (χ2v) is 5.44. The number of primary amides is 1. The second-order valence-electron chi connectivity index (χ2n) is 5.44. The molecule has 4 heteroatoms. The zero-order chi connectivity index (χ0) is 12.9. The van der Waals surface area contributed by atoms with Gasteiger partial charge in [-0.25, -0.2) is 0 Å². The third-order valence-corrected chi connectivity index (χ3v) is 4.08. The fraction of sp³-hybridized carbons (Fsp3) is 0.923. The van der Waals surface area contributed by atoms with Crippen LogP contribution in [-0.2, 0) is 4.79 Å². The number of nitrogens with two attached hydrogens (primary N) is 2. The van der Waals surface area contributed by atoms with Crippen LogP contribution in [0.3, 0.4) is 0 Å². The molecular weight excluding hydrogens is 214 g/mol. The van der Waals surface area contributed by atoms with E-state index in [9.17, 15) is 4.79 Å². The van der Waals surface area contributed by atoms with E-state index in [1.54, 1.807) is 0 Å². The molecule has 0 aliphatic heterocycles. The summed E-state index contributed by atoms with van der Waals surface area (Å²) >= 11 is 0. The maximum Gasteiger partial charge on any atom is 0.237 e. The molecule has 0 bridgehead atoms. The van der Waals surface area contributed by atoms with Crippen molar-refractivity contribution in [2.45, 2.75) is 51.0 Å². The van der Waals surface area contributed by atoms with E-state index < -0.39 is 5.54 Å². The monoisotopic (exact) mass is 241 g/mol. The van der Waals surface area contributed by atoms with E-state index in [0.29, 0.717) is 0 Å². The van der Waals surface area contributed by atoms with Crippen molar-refractivity contribution in [3.05, 3.63) is 0 Å². The summed E-state index contributed by atoms with van der Waals surface area (Å²) < 4.78 is 0. The number of amides is 1. The quantitative estimate of drug-likeness (QED) is 0.701. The van der Waals surface area contributed by atoms with E-state index in [0.717, 1.165) is 38.8 Å². The van der Waals surface area contributed by atoms with Crippen molar-refractivity contribution in [2.75, 3.05) is 20.1 Å². The highest BCUT2D eigenvalue weighted by molar-refractivity contribution is 5.85. The van der Waals surface area contributed by atoms with E-state index in [1.165, 1.54) is 12.8 Å². The fourth-order valence-corrected chi connectivity index (χ4v) is 2.75. The van der Waals surface area contributed by atoms with Gasteiger partial charge in [0.2, 0.25) is 5.91 Å². The molecule has 0 aromatic rings. The Morgan fingerprint density at radius 1 is 1.47 bits per heavy atom. The van der Waals surface area contributed by atoms with Gasteiger partial charge in [0.1, 0.15) is 0 Å². The minimum atomic E-state index is -0.744. The predicted molar refractivity (Wildman–Crippen MR) is 70.5 cm³/mol. The summed E-state index contributed by atoms with van der Waals surface area (Å²) in [5, 5.41) is 0. The molecule has 17 heavy (non-hydrogen) atoms. The van der Waals surface area contributed by atoms with Gasteiger partial charge < -0.3 is 16.4 Å². The average Bonchev–Trinajstić information content (AvgIpc) is 2.66. The maximum absolute atomic E-state index is 11.4. The van der Waals surface area contributed by atoms with Crippen LogP contribution in [0.2, 0.25) is 0 Å². The van der Waals surface area contributed by atoms with Gasteiger partial charge in [0.25, 0.3) is 0 Å². The van der Waals surface area contributed by atoms with Crippen molar-refractivity contribution in [1.29, 1.82) is 0 Å². The highest BCUT2D eigenvalue weighted by Crippen LogP contribution is 2.35. The minimum Gasteiger partial charge on any atom is -0.368 e. The summed E-state index contributed by atoms with van der Waals surface area (Å²) in [5.41, 5.74) is 10.8. The smallest absolute Gasteiger partial charge is 0.237 e. The molecule has 1 fully saturated rings. The molecule has 1 rings (SSSR count). The highest BCUT2D eigenvalue weighted by Gasteiger charge is 2.43. The van der Waals surface area contributed by atoms with E-state index >= 15 is 0 Å². The molecule has 0 radical (unpaired) electrons. The van der Waals surface area contributed by atoms with Crippen molar-refractivity contribution >= 4 is 5.91 Å². The van der Waals surface area contributed by atoms with Crippen LogP contribution in [0, 0.1) is 5.92 Å². The highest BCUT2D eigenvalue weighted by atomic mass is 16.1. The number of nitrogens with zero attached hydrogens (tertiary/aromatic N) is 1. The molecule has 0 aromatic heterocycles. The van der Waals surface area contributed by atoms with Crippen LogP contribution in [0.5, 0.6) is 0 Å². The lowest BCUT2D eigenvalue weighted by molar-refractivity contribution is -0.124. The molecule has 4 nitrogen and oxygen atoms in total. The Balaban J connectivity index is 2.38. The van der Waals surface area contributed by atoms with Gasteiger partial charge >= 0.3 is 0 Å². The van der Waals surface area contributed by atoms with Crippen LogP contribution >= 0.6 is 0 Å². The first-order chi connectivity index (χ1) is 8.00. The standard InChI is InChI=1S/C13H27N3O/c1-3-4-9-16(2)10-7-11-6-5-8-13(11,15)12(14)17/h11H,3-10,15H2,1-2H3,(H2,14,17). The first-order valence-electron chi connectivity index (χ1n) is 6.78. The van der Waals surface area contributed by atoms with Gasteiger partial charge in [-0.15, -0.1) is 0 Å². The summed E-state index contributed by atoms with van der Waals surface area (Å²) in [5.74, 6) is -0.0553. The molecule has 0 heterocycles. The first kappa shape index (κ1) is 14.5. The molecule has 1 aliphatic carbocycles. The summed E-state index contributed by atoms with van der Waals surface area (Å²) in [4.78, 5) is 13.8. The fourth-order valence-electron chi connectivity index (χ4n) is 2.75. The van der Waals surface area contributed by atoms with E-state index in [4.69, 9.17) is 11.5 Å². The normalized spacial score (nSPS) is 28.8. The van der Waals surface area contributed by atoms with Gasteiger partial charge in [-0.05, 0) is 51.7 Å². The van der Waals surface area contributed by atoms with Crippen molar-refractivity contribution in [1.82, 2.24) is 4.90 Å². The van der Waals surface area contributed by atoms with Crippen LogP contribution in [0.1, 0.15) is 45.4 Å². The van der Waals surface area contributed by atoms with Crippen LogP contribution in [0.25, 0.3) is 0 Å². The van der Waals surface area contributed by atoms with Gasteiger partial charge in [-0.1, -0.05) is 19.8 Å². The van der Waals surface area contributed by atoms with Crippen molar-refractivity contribution in [3.8, 4) is 0 Å². The Morgan fingerprint density at radius 2 is 2.18 bits per heavy atom. The molecule has 2 atom stereocenters. The maximum atomic E-state index is 11.4. The third-order valence-electron chi connectivity index (χ3n) is 4.08. The van der Waals surface area contributed by atoms with Crippen molar-refractivity contribution < 1.29 is 4.79 Å². The van der Waals surface area contributed by atoms with E-state index in [-0.39, 0.29) is 11.8 Å². The van der Waals surface area contributed by atoms with Gasteiger partial charge in [0.15, 0.2) is 0 Å². The Labute approximate surface area is 105 Å². The summed E-state index contributed by atoms with van der Waals surface area (Å²) in [6.45, 7) is 4.33. The van der Waals surface area contributed by atoms with E-state index in [1.807, 2.05) is 0 Å². The average molecular weight is 241 g/mol. The summed E-state index contributed by atoms with van der Waals surface area (Å²) in [7, 11) is 2.13. The molecule has 0 spiro atoms. The lowest BCUT2D eigenvalue weighted by atomic mass is 9.85. The third kappa shape index (κ3) is 3.68. The lowest BCUT2D eigenvalue weighted by Gasteiger charge is -2.29. The number of hydrogen-bond donors (Lipinski definition) is 2. The van der Waals surface area contributed by atoms with Crippen LogP contribution in [0.15, 0.2) is 0 Å². The van der Waals surface area contributed by atoms with Crippen LogP contribution in [-0.4, -0.2) is 36.5 Å². The predicted octanol–water partition coefficient (Wildman–Crippen LogP) is 1.09. The Morgan fingerprint density at radius 3 is 2.76 bits per heavy atom. The number of carbonyl (C=O) groups is 1. The van der Waals surface area contributed by atoms with Crippen LogP contribution < -0.4 is 11.5 Å². The molecule has 2 unspecified atom stereocenters. The SMILES string of the molecule is CCCCN(C)CCC1CCCC1(N)C(N)=O. The van der Waals surface area contributed by atoms with Gasteiger partial charge in [0.05, 0.1) is 5.54 Å². The molecular formula is C13H27N3O. The van der Waals surface area contributed by atoms with Gasteiger partial charge in [-0.3, -0.25) is 4.79 Å². The van der Waals surface area contributed by atoms with Crippen LogP contribution in [0.4, 0.5) is 0 Å². The molecule has 0 aromatic carbocycles. The number of carbonyl (C=O) groups excluding carboxylic acids is 1. The summed E-state index contributed by atoms with van der Waals surface area (Å²) in [6.07, 6.45) is 6.26. The largest absolute Gasteiger partial charge is 0.368 e. The number of rotatable bonds is 7. The van der Waals surface area contributed by atoms with Gasteiger partial charge in [0, 0.05) is 0 Å². The van der Waals surface area contributed by atoms with E-state index in [2.05, 4.69) is 18.9 Å². The van der Waals surface area contributed by atoms with Crippen molar-refractivity contribution in [2.24, 2.45) is 17.4 Å². The first-order valence-corrected chi connectivity index (χ1v) is 6.78. The molecule has 1 amide bonds. The molecule has 1 saturated carbocycles. The second kappa shape index (κ2) is 6.36. The molecule has 100 valence electrons. The zero-order valence-corrected chi connectivity index (χ0v) is 11.2. The minimum absolute atomic E-state index is 0.268. The zero-order valence-electron chi connectivity index (χ0n) is 11.2. The van der Waals surface area contributed by atoms with Crippen molar-refractivity contribution in [3.63, 3.8) is 0 Å². The number of hydrogen-bond acceptors (Lipinski definition) is 3. The van der Waals surface area contributed by atoms with Gasteiger partial charge in [-0.2, -0.15) is 0 Å². The molecule has 1 aliphatic rings. The Hall–Kier alpha value is -0.610. The lowest BCUT2D eigenvalue weighted by Crippen LogP contribution is -2.55. The Bertz CT molecular complexity index is 257. The topological polar surface area (TPSA) is 72.3 Å².